The van der Waals surface area contributed by atoms with Gasteiger partial charge in [-0.1, -0.05) is 0 Å². The minimum Gasteiger partial charge on any atom is -0.380 e. The highest BCUT2D eigenvalue weighted by Crippen LogP contribution is 1.99. The van der Waals surface area contributed by atoms with Gasteiger partial charge in [0.2, 0.25) is 0 Å². The molecule has 3 heteroatoms. The number of hydrogen-bond acceptors (Lipinski definition) is 3. The first-order chi connectivity index (χ1) is 5.43. The van der Waals surface area contributed by atoms with Gasteiger partial charge in [-0.25, -0.2) is 0 Å². The van der Waals surface area contributed by atoms with Crippen LogP contribution in [0.5, 0.6) is 0 Å². The summed E-state index contributed by atoms with van der Waals surface area (Å²) in [5.74, 6) is 0. The number of ether oxygens (including phenoxy) is 1. The zero-order valence-electron chi connectivity index (χ0n) is 7.09. The summed E-state index contributed by atoms with van der Waals surface area (Å²) < 4.78 is 5.37. The van der Waals surface area contributed by atoms with Gasteiger partial charge in [-0.05, 0) is 19.4 Å². The van der Waals surface area contributed by atoms with E-state index in [0.717, 1.165) is 32.8 Å². The monoisotopic (exact) mass is 158 g/mol. The molecule has 0 aromatic heterocycles. The molecule has 2 N–H and O–H groups in total. The molecule has 11 heavy (non-hydrogen) atoms. The third-order valence-corrected chi connectivity index (χ3v) is 2.01. The summed E-state index contributed by atoms with van der Waals surface area (Å²) in [7, 11) is 0. The van der Waals surface area contributed by atoms with Gasteiger partial charge < -0.3 is 10.5 Å². The first-order valence-corrected chi connectivity index (χ1v) is 4.43. The van der Waals surface area contributed by atoms with Crippen LogP contribution in [0.25, 0.3) is 0 Å². The van der Waals surface area contributed by atoms with E-state index in [1.165, 1.54) is 19.4 Å². The van der Waals surface area contributed by atoms with Crippen molar-refractivity contribution in [2.75, 3.05) is 39.4 Å². The number of rotatable bonds is 2. The van der Waals surface area contributed by atoms with Gasteiger partial charge in [0, 0.05) is 26.2 Å². The van der Waals surface area contributed by atoms with E-state index in [1.807, 2.05) is 0 Å². The van der Waals surface area contributed by atoms with Gasteiger partial charge in [0.25, 0.3) is 0 Å². The molecular weight excluding hydrogens is 140 g/mol. The fraction of sp³-hybridized carbons (Fsp3) is 1.00. The lowest BCUT2D eigenvalue weighted by atomic mass is 10.3. The smallest absolute Gasteiger partial charge is 0.0593 e. The van der Waals surface area contributed by atoms with E-state index in [4.69, 9.17) is 10.5 Å². The van der Waals surface area contributed by atoms with Crippen molar-refractivity contribution < 1.29 is 4.74 Å². The molecule has 1 heterocycles. The van der Waals surface area contributed by atoms with Crippen LogP contribution in [0.2, 0.25) is 0 Å². The van der Waals surface area contributed by atoms with Crippen LogP contribution >= 0.6 is 0 Å². The minimum absolute atomic E-state index is 0.764. The highest BCUT2D eigenvalue weighted by Gasteiger charge is 2.05. The van der Waals surface area contributed by atoms with Gasteiger partial charge in [-0.15, -0.1) is 0 Å². The maximum absolute atomic E-state index is 5.47. The fourth-order valence-electron chi connectivity index (χ4n) is 1.35. The molecule has 0 unspecified atom stereocenters. The molecule has 0 radical (unpaired) electrons. The molecule has 0 bridgehead atoms. The van der Waals surface area contributed by atoms with Crippen molar-refractivity contribution in [3.05, 3.63) is 0 Å². The topological polar surface area (TPSA) is 38.5 Å². The Morgan fingerprint density at radius 3 is 2.91 bits per heavy atom. The minimum atomic E-state index is 0.764. The second kappa shape index (κ2) is 5.52. The summed E-state index contributed by atoms with van der Waals surface area (Å²) in [6, 6.07) is 0. The molecule has 1 aliphatic heterocycles. The number of nitrogens with two attached hydrogens (primary N) is 1. The molecule has 0 amide bonds. The van der Waals surface area contributed by atoms with Gasteiger partial charge in [0.05, 0.1) is 6.61 Å². The van der Waals surface area contributed by atoms with E-state index in [-0.39, 0.29) is 0 Å². The molecule has 66 valence electrons. The van der Waals surface area contributed by atoms with E-state index in [1.54, 1.807) is 0 Å². The zero-order valence-corrected chi connectivity index (χ0v) is 7.09. The molecule has 0 aromatic carbocycles. The maximum Gasteiger partial charge on any atom is 0.0593 e. The SMILES string of the molecule is NCCN1CCCCOCC1. The quantitative estimate of drug-likeness (QED) is 0.617. The van der Waals surface area contributed by atoms with Gasteiger partial charge in [0.1, 0.15) is 0 Å². The maximum atomic E-state index is 5.47. The molecule has 1 aliphatic rings. The average molecular weight is 158 g/mol. The molecule has 0 saturated carbocycles. The molecule has 3 nitrogen and oxygen atoms in total. The average Bonchev–Trinajstić information content (AvgIpc) is 1.94. The van der Waals surface area contributed by atoms with Crippen LogP contribution < -0.4 is 5.73 Å². The van der Waals surface area contributed by atoms with Gasteiger partial charge in [-0.3, -0.25) is 4.90 Å². The van der Waals surface area contributed by atoms with Crippen molar-refractivity contribution in [1.29, 1.82) is 0 Å². The lowest BCUT2D eigenvalue weighted by Crippen LogP contribution is -2.34. The standard InChI is InChI=1S/C8H18N2O/c9-3-5-10-4-1-2-7-11-8-6-10/h1-9H2. The summed E-state index contributed by atoms with van der Waals surface area (Å²) in [5, 5.41) is 0. The molecular formula is C8H18N2O. The Hall–Kier alpha value is -0.120. The molecule has 0 spiro atoms. The molecule has 1 fully saturated rings. The van der Waals surface area contributed by atoms with Crippen LogP contribution in [-0.2, 0) is 4.74 Å². The molecule has 1 saturated heterocycles. The number of nitrogens with zero attached hydrogens (tertiary/aromatic N) is 1. The normalized spacial score (nSPS) is 22.6. The first kappa shape index (κ1) is 8.97. The van der Waals surface area contributed by atoms with Crippen molar-refractivity contribution in [2.45, 2.75) is 12.8 Å². The van der Waals surface area contributed by atoms with Crippen LogP contribution in [-0.4, -0.2) is 44.3 Å². The van der Waals surface area contributed by atoms with Gasteiger partial charge >= 0.3 is 0 Å². The second-order valence-electron chi connectivity index (χ2n) is 2.95. The van der Waals surface area contributed by atoms with E-state index in [9.17, 15) is 0 Å². The van der Waals surface area contributed by atoms with Gasteiger partial charge in [0.15, 0.2) is 0 Å². The number of hydrogen-bond donors (Lipinski definition) is 1. The Kier molecular flexibility index (Phi) is 4.50. The lowest BCUT2D eigenvalue weighted by Gasteiger charge is -2.23. The summed E-state index contributed by atoms with van der Waals surface area (Å²) in [5.41, 5.74) is 5.47. The Balaban J connectivity index is 2.15. The van der Waals surface area contributed by atoms with Crippen LogP contribution in [0.15, 0.2) is 0 Å². The predicted molar refractivity (Wildman–Crippen MR) is 45.5 cm³/mol. The summed E-state index contributed by atoms with van der Waals surface area (Å²) in [6.45, 7) is 5.84. The largest absolute Gasteiger partial charge is 0.380 e. The molecule has 0 aromatic rings. The molecule has 0 aliphatic carbocycles. The zero-order chi connectivity index (χ0) is 7.94. The Morgan fingerprint density at radius 2 is 2.09 bits per heavy atom. The van der Waals surface area contributed by atoms with Crippen molar-refractivity contribution in [2.24, 2.45) is 5.73 Å². The highest BCUT2D eigenvalue weighted by molar-refractivity contribution is 4.60. The van der Waals surface area contributed by atoms with Crippen molar-refractivity contribution in [3.63, 3.8) is 0 Å². The van der Waals surface area contributed by atoms with Crippen LogP contribution in [0.4, 0.5) is 0 Å². The van der Waals surface area contributed by atoms with E-state index >= 15 is 0 Å². The van der Waals surface area contributed by atoms with Crippen LogP contribution in [0.1, 0.15) is 12.8 Å². The molecule has 0 atom stereocenters. The summed E-state index contributed by atoms with van der Waals surface area (Å²) in [6.07, 6.45) is 2.45. The fourth-order valence-corrected chi connectivity index (χ4v) is 1.35. The Labute approximate surface area is 68.5 Å². The highest BCUT2D eigenvalue weighted by atomic mass is 16.5. The van der Waals surface area contributed by atoms with Crippen molar-refractivity contribution in [1.82, 2.24) is 4.90 Å². The van der Waals surface area contributed by atoms with Crippen LogP contribution in [0, 0.1) is 0 Å². The van der Waals surface area contributed by atoms with Crippen molar-refractivity contribution in [3.8, 4) is 0 Å². The summed E-state index contributed by atoms with van der Waals surface area (Å²) >= 11 is 0. The van der Waals surface area contributed by atoms with Gasteiger partial charge in [-0.2, -0.15) is 0 Å². The lowest BCUT2D eigenvalue weighted by molar-refractivity contribution is 0.0819. The Morgan fingerprint density at radius 1 is 1.18 bits per heavy atom. The predicted octanol–water partition coefficient (Wildman–Crippen LogP) is 0.0575. The first-order valence-electron chi connectivity index (χ1n) is 4.43. The van der Waals surface area contributed by atoms with E-state index < -0.39 is 0 Å². The summed E-state index contributed by atoms with van der Waals surface area (Å²) in [4.78, 5) is 2.37. The second-order valence-corrected chi connectivity index (χ2v) is 2.95. The molecule has 1 rings (SSSR count). The van der Waals surface area contributed by atoms with Crippen molar-refractivity contribution >= 4 is 0 Å². The van der Waals surface area contributed by atoms with Crippen LogP contribution in [0.3, 0.4) is 0 Å². The third-order valence-electron chi connectivity index (χ3n) is 2.01. The van der Waals surface area contributed by atoms with E-state index in [2.05, 4.69) is 4.90 Å². The van der Waals surface area contributed by atoms with E-state index in [0.29, 0.717) is 0 Å². The Bertz CT molecular complexity index is 90.1. The third kappa shape index (κ3) is 3.70.